The molecule has 6 heteroatoms. The third-order valence-corrected chi connectivity index (χ3v) is 4.86. The van der Waals surface area contributed by atoms with E-state index in [1.54, 1.807) is 6.07 Å². The first-order valence-corrected chi connectivity index (χ1v) is 7.33. The highest BCUT2D eigenvalue weighted by atomic mass is 35.5. The van der Waals surface area contributed by atoms with Gasteiger partial charge in [-0.15, -0.1) is 0 Å². The summed E-state index contributed by atoms with van der Waals surface area (Å²) in [7, 11) is 0. The van der Waals surface area contributed by atoms with Gasteiger partial charge < -0.3 is 11.1 Å². The molecule has 94 valence electrons. The molecular weight excluding hydrogens is 256 g/mol. The Bertz CT molecular complexity index is 373. The zero-order chi connectivity index (χ0) is 12.3. The molecule has 3 N–H and O–H groups in total. The Labute approximate surface area is 111 Å². The predicted octanol–water partition coefficient (Wildman–Crippen LogP) is 2.80. The van der Waals surface area contributed by atoms with Gasteiger partial charge in [0, 0.05) is 17.4 Å². The molecule has 1 aromatic rings. The van der Waals surface area contributed by atoms with E-state index < -0.39 is 0 Å². The number of nitrogens with one attached hydrogen (secondary N) is 1. The molecule has 0 aliphatic heterocycles. The summed E-state index contributed by atoms with van der Waals surface area (Å²) in [4.78, 5) is 7.96. The molecule has 0 bridgehead atoms. The van der Waals surface area contributed by atoms with E-state index >= 15 is 0 Å². The molecule has 1 heterocycles. The Morgan fingerprint density at radius 3 is 2.76 bits per heavy atom. The van der Waals surface area contributed by atoms with E-state index in [9.17, 15) is 0 Å². The molecule has 0 radical (unpaired) electrons. The highest BCUT2D eigenvalue weighted by Crippen LogP contribution is 2.40. The fourth-order valence-electron chi connectivity index (χ4n) is 2.25. The first kappa shape index (κ1) is 12.8. The van der Waals surface area contributed by atoms with Crippen LogP contribution in [0.1, 0.15) is 25.7 Å². The van der Waals surface area contributed by atoms with Gasteiger partial charge >= 0.3 is 0 Å². The largest absolute Gasteiger partial charge is 0.368 e. The fraction of sp³-hybridized carbons (Fsp3) is 0.636. The van der Waals surface area contributed by atoms with Crippen molar-refractivity contribution in [2.24, 2.45) is 0 Å². The van der Waals surface area contributed by atoms with Gasteiger partial charge in [0.1, 0.15) is 11.0 Å². The zero-order valence-electron chi connectivity index (χ0n) is 9.87. The van der Waals surface area contributed by atoms with E-state index in [4.69, 9.17) is 17.3 Å². The summed E-state index contributed by atoms with van der Waals surface area (Å²) in [5.74, 6) is 0.924. The zero-order valence-corrected chi connectivity index (χ0v) is 11.4. The SMILES string of the molecule is CSC1(CNc2cc(Cl)nc(N)n2)CCCC1. The second-order valence-corrected chi connectivity index (χ2v) is 6.04. The molecule has 0 spiro atoms. The monoisotopic (exact) mass is 272 g/mol. The van der Waals surface area contributed by atoms with Crippen molar-refractivity contribution in [3.8, 4) is 0 Å². The van der Waals surface area contributed by atoms with Crippen molar-refractivity contribution in [3.63, 3.8) is 0 Å². The Kier molecular flexibility index (Phi) is 3.99. The predicted molar refractivity (Wildman–Crippen MR) is 74.7 cm³/mol. The Morgan fingerprint density at radius 1 is 1.47 bits per heavy atom. The molecule has 0 aromatic carbocycles. The minimum absolute atomic E-state index is 0.213. The van der Waals surface area contributed by atoms with Crippen molar-refractivity contribution >= 4 is 35.1 Å². The molecule has 0 amide bonds. The van der Waals surface area contributed by atoms with Crippen LogP contribution < -0.4 is 11.1 Å². The number of rotatable bonds is 4. The maximum absolute atomic E-state index is 5.84. The molecule has 2 rings (SSSR count). The molecule has 4 nitrogen and oxygen atoms in total. The molecule has 0 saturated heterocycles. The van der Waals surface area contributed by atoms with Gasteiger partial charge in [0.25, 0.3) is 0 Å². The van der Waals surface area contributed by atoms with Crippen molar-refractivity contribution in [1.82, 2.24) is 9.97 Å². The maximum Gasteiger partial charge on any atom is 0.223 e. The number of halogens is 1. The third-order valence-electron chi connectivity index (χ3n) is 3.25. The van der Waals surface area contributed by atoms with Crippen LogP contribution in [0.3, 0.4) is 0 Å². The van der Waals surface area contributed by atoms with Gasteiger partial charge in [-0.05, 0) is 19.1 Å². The highest BCUT2D eigenvalue weighted by molar-refractivity contribution is 8.00. The number of nitrogen functional groups attached to an aromatic ring is 1. The summed E-state index contributed by atoms with van der Waals surface area (Å²) in [6.45, 7) is 0.904. The molecule has 1 aliphatic carbocycles. The first-order valence-electron chi connectivity index (χ1n) is 5.73. The summed E-state index contributed by atoms with van der Waals surface area (Å²) < 4.78 is 0.339. The van der Waals surface area contributed by atoms with Crippen molar-refractivity contribution in [3.05, 3.63) is 11.2 Å². The number of nitrogens with two attached hydrogens (primary N) is 1. The molecular formula is C11H17ClN4S. The van der Waals surface area contributed by atoms with Crippen molar-refractivity contribution in [2.75, 3.05) is 23.9 Å². The van der Waals surface area contributed by atoms with Crippen molar-refractivity contribution in [1.29, 1.82) is 0 Å². The molecule has 1 aliphatic rings. The second-order valence-electron chi connectivity index (χ2n) is 4.38. The van der Waals surface area contributed by atoms with Crippen LogP contribution in [-0.4, -0.2) is 27.5 Å². The molecule has 0 atom stereocenters. The lowest BCUT2D eigenvalue weighted by Gasteiger charge is -2.27. The number of hydrogen-bond donors (Lipinski definition) is 2. The van der Waals surface area contributed by atoms with Gasteiger partial charge in [-0.3, -0.25) is 0 Å². The number of thioether (sulfide) groups is 1. The number of hydrogen-bond acceptors (Lipinski definition) is 5. The number of nitrogens with zero attached hydrogens (tertiary/aromatic N) is 2. The molecule has 17 heavy (non-hydrogen) atoms. The van der Waals surface area contributed by atoms with E-state index in [0.717, 1.165) is 6.54 Å². The molecule has 1 aromatic heterocycles. The van der Waals surface area contributed by atoms with Crippen LogP contribution in [-0.2, 0) is 0 Å². The number of aromatic nitrogens is 2. The standard InChI is InChI=1S/C11H17ClN4S/c1-17-11(4-2-3-5-11)7-14-9-6-8(12)15-10(13)16-9/h6H,2-5,7H2,1H3,(H3,13,14,15,16). The van der Waals surface area contributed by atoms with Gasteiger partial charge in [0.05, 0.1) is 0 Å². The van der Waals surface area contributed by atoms with Gasteiger partial charge in [-0.2, -0.15) is 16.7 Å². The summed E-state index contributed by atoms with van der Waals surface area (Å²) in [6.07, 6.45) is 7.32. The van der Waals surface area contributed by atoms with Crippen LogP contribution in [0.5, 0.6) is 0 Å². The van der Waals surface area contributed by atoms with Crippen LogP contribution in [0.2, 0.25) is 5.15 Å². The lowest BCUT2D eigenvalue weighted by atomic mass is 10.1. The van der Waals surface area contributed by atoms with E-state index in [0.29, 0.717) is 15.7 Å². The van der Waals surface area contributed by atoms with Crippen LogP contribution >= 0.6 is 23.4 Å². The van der Waals surface area contributed by atoms with E-state index in [1.165, 1.54) is 25.7 Å². The highest BCUT2D eigenvalue weighted by Gasteiger charge is 2.32. The average molecular weight is 273 g/mol. The summed E-state index contributed by atoms with van der Waals surface area (Å²) in [5.41, 5.74) is 5.56. The van der Waals surface area contributed by atoms with E-state index in [2.05, 4.69) is 21.5 Å². The van der Waals surface area contributed by atoms with Crippen LogP contribution in [0.25, 0.3) is 0 Å². The summed E-state index contributed by atoms with van der Waals surface area (Å²) >= 11 is 7.78. The topological polar surface area (TPSA) is 63.8 Å². The first-order chi connectivity index (χ1) is 8.13. The van der Waals surface area contributed by atoms with Crippen LogP contribution in [0, 0.1) is 0 Å². The second kappa shape index (κ2) is 5.31. The number of anilines is 2. The van der Waals surface area contributed by atoms with E-state index in [-0.39, 0.29) is 5.95 Å². The smallest absolute Gasteiger partial charge is 0.223 e. The van der Waals surface area contributed by atoms with Crippen molar-refractivity contribution in [2.45, 2.75) is 30.4 Å². The Hall–Kier alpha value is -0.680. The Balaban J connectivity index is 2.01. The van der Waals surface area contributed by atoms with E-state index in [1.807, 2.05) is 11.8 Å². The molecule has 0 unspecified atom stereocenters. The normalized spacial score (nSPS) is 18.2. The quantitative estimate of drug-likeness (QED) is 0.825. The molecule has 1 fully saturated rings. The minimum Gasteiger partial charge on any atom is -0.368 e. The maximum atomic E-state index is 5.84. The van der Waals surface area contributed by atoms with Crippen LogP contribution in [0.4, 0.5) is 11.8 Å². The summed E-state index contributed by atoms with van der Waals surface area (Å²) in [6, 6.07) is 1.71. The molecule has 1 saturated carbocycles. The van der Waals surface area contributed by atoms with Gasteiger partial charge in [0.15, 0.2) is 0 Å². The fourth-order valence-corrected chi connectivity index (χ4v) is 3.35. The van der Waals surface area contributed by atoms with Gasteiger partial charge in [0.2, 0.25) is 5.95 Å². The lowest BCUT2D eigenvalue weighted by Crippen LogP contribution is -2.30. The average Bonchev–Trinajstić information content (AvgIpc) is 2.74. The van der Waals surface area contributed by atoms with Gasteiger partial charge in [-0.25, -0.2) is 4.98 Å². The minimum atomic E-state index is 0.213. The third kappa shape index (κ3) is 3.16. The lowest BCUT2D eigenvalue weighted by molar-refractivity contribution is 0.638. The summed E-state index contributed by atoms with van der Waals surface area (Å²) in [5, 5.41) is 3.70. The van der Waals surface area contributed by atoms with Gasteiger partial charge in [-0.1, -0.05) is 24.4 Å². The van der Waals surface area contributed by atoms with Crippen LogP contribution in [0.15, 0.2) is 6.07 Å². The Morgan fingerprint density at radius 2 is 2.18 bits per heavy atom. The van der Waals surface area contributed by atoms with Crippen molar-refractivity contribution < 1.29 is 0 Å².